The van der Waals surface area contributed by atoms with E-state index in [0.29, 0.717) is 0 Å². The Morgan fingerprint density at radius 3 is 2.17 bits per heavy atom. The molecule has 0 aromatic carbocycles. The number of carboxylic acid groups (broad SMARTS) is 1. The van der Waals surface area contributed by atoms with Gasteiger partial charge in [0.1, 0.15) is 6.04 Å². The summed E-state index contributed by atoms with van der Waals surface area (Å²) < 4.78 is 0. The Bertz CT molecular complexity index is 323. The lowest BCUT2D eigenvalue weighted by Gasteiger charge is -2.27. The first kappa shape index (κ1) is 16.2. The summed E-state index contributed by atoms with van der Waals surface area (Å²) in [5.41, 5.74) is -0.593. The lowest BCUT2D eigenvalue weighted by atomic mass is 9.87. The zero-order valence-electron chi connectivity index (χ0n) is 11.2. The van der Waals surface area contributed by atoms with Gasteiger partial charge in [0, 0.05) is 20.0 Å². The second-order valence-corrected chi connectivity index (χ2v) is 4.96. The molecule has 0 aliphatic rings. The third-order valence-corrected chi connectivity index (χ3v) is 2.30. The van der Waals surface area contributed by atoms with Crippen LogP contribution in [0.5, 0.6) is 0 Å². The van der Waals surface area contributed by atoms with Crippen molar-refractivity contribution in [2.75, 3.05) is 13.6 Å². The number of amides is 3. The summed E-state index contributed by atoms with van der Waals surface area (Å²) in [7, 11) is 1.50. The van der Waals surface area contributed by atoms with Gasteiger partial charge >= 0.3 is 12.0 Å². The molecule has 0 saturated carbocycles. The number of carbonyl (C=O) groups excluding carboxylic acids is 2. The first-order valence-electron chi connectivity index (χ1n) is 5.66. The lowest BCUT2D eigenvalue weighted by molar-refractivity contribution is -0.141. The molecule has 0 aromatic rings. The van der Waals surface area contributed by atoms with E-state index < -0.39 is 23.5 Å². The lowest BCUT2D eigenvalue weighted by Crippen LogP contribution is -2.52. The first-order valence-corrected chi connectivity index (χ1v) is 5.66. The zero-order chi connectivity index (χ0) is 14.3. The van der Waals surface area contributed by atoms with Gasteiger partial charge in [-0.15, -0.1) is 0 Å². The smallest absolute Gasteiger partial charge is 0.326 e. The third-order valence-electron chi connectivity index (χ3n) is 2.30. The van der Waals surface area contributed by atoms with Crippen LogP contribution >= 0.6 is 0 Å². The van der Waals surface area contributed by atoms with Crippen LogP contribution in [-0.2, 0) is 9.59 Å². The fourth-order valence-corrected chi connectivity index (χ4v) is 1.25. The van der Waals surface area contributed by atoms with E-state index in [9.17, 15) is 14.4 Å². The Kier molecular flexibility index (Phi) is 6.15. The number of aliphatic carboxylic acids is 1. The predicted molar refractivity (Wildman–Crippen MR) is 66.1 cm³/mol. The van der Waals surface area contributed by atoms with Crippen LogP contribution in [0.3, 0.4) is 0 Å². The Hall–Kier alpha value is -1.79. The van der Waals surface area contributed by atoms with E-state index >= 15 is 0 Å². The van der Waals surface area contributed by atoms with Crippen molar-refractivity contribution in [3.63, 3.8) is 0 Å². The Morgan fingerprint density at radius 2 is 1.78 bits per heavy atom. The number of nitrogens with one attached hydrogen (secondary N) is 3. The van der Waals surface area contributed by atoms with Gasteiger partial charge in [-0.2, -0.15) is 0 Å². The standard InChI is InChI=1S/C11H21N3O4/c1-11(2,3)8(9(16)17)14-10(18)13-6-5-7(15)12-4/h8H,5-6H2,1-4H3,(H,12,15)(H,16,17)(H2,13,14,18)/t8-/m1/s1. The number of hydrogen-bond acceptors (Lipinski definition) is 3. The maximum absolute atomic E-state index is 11.5. The largest absolute Gasteiger partial charge is 0.480 e. The van der Waals surface area contributed by atoms with E-state index in [1.54, 1.807) is 20.8 Å². The van der Waals surface area contributed by atoms with Crippen molar-refractivity contribution >= 4 is 17.9 Å². The van der Waals surface area contributed by atoms with Crippen LogP contribution in [0, 0.1) is 5.41 Å². The highest BCUT2D eigenvalue weighted by molar-refractivity contribution is 5.83. The van der Waals surface area contributed by atoms with E-state index in [-0.39, 0.29) is 18.9 Å². The molecule has 1 atom stereocenters. The molecule has 4 N–H and O–H groups in total. The highest BCUT2D eigenvalue weighted by atomic mass is 16.4. The highest BCUT2D eigenvalue weighted by Crippen LogP contribution is 2.19. The molecule has 7 heteroatoms. The van der Waals surface area contributed by atoms with Crippen LogP contribution in [-0.4, -0.2) is 42.6 Å². The van der Waals surface area contributed by atoms with Crippen molar-refractivity contribution in [3.05, 3.63) is 0 Å². The predicted octanol–water partition coefficient (Wildman–Crippen LogP) is -0.0790. The Morgan fingerprint density at radius 1 is 1.22 bits per heavy atom. The van der Waals surface area contributed by atoms with E-state index in [1.165, 1.54) is 7.05 Å². The van der Waals surface area contributed by atoms with Gasteiger partial charge in [-0.3, -0.25) is 4.79 Å². The molecule has 18 heavy (non-hydrogen) atoms. The number of rotatable bonds is 5. The van der Waals surface area contributed by atoms with Crippen molar-refractivity contribution in [1.29, 1.82) is 0 Å². The van der Waals surface area contributed by atoms with E-state index in [1.807, 2.05) is 0 Å². The van der Waals surface area contributed by atoms with Gasteiger partial charge in [0.25, 0.3) is 0 Å². The van der Waals surface area contributed by atoms with Crippen molar-refractivity contribution in [2.45, 2.75) is 33.2 Å². The van der Waals surface area contributed by atoms with Crippen LogP contribution in [0.2, 0.25) is 0 Å². The summed E-state index contributed by atoms with van der Waals surface area (Å²) in [6.07, 6.45) is 0.150. The fraction of sp³-hybridized carbons (Fsp3) is 0.727. The van der Waals surface area contributed by atoms with E-state index in [0.717, 1.165) is 0 Å². The summed E-state index contributed by atoms with van der Waals surface area (Å²) in [6, 6.07) is -1.58. The third kappa shape index (κ3) is 6.07. The minimum absolute atomic E-state index is 0.150. The fourth-order valence-electron chi connectivity index (χ4n) is 1.25. The summed E-state index contributed by atoms with van der Waals surface area (Å²) in [4.78, 5) is 33.4. The molecule has 0 rings (SSSR count). The Labute approximate surface area is 106 Å². The van der Waals surface area contributed by atoms with Gasteiger partial charge < -0.3 is 21.1 Å². The highest BCUT2D eigenvalue weighted by Gasteiger charge is 2.32. The Balaban J connectivity index is 4.20. The van der Waals surface area contributed by atoms with Crippen LogP contribution in [0.4, 0.5) is 4.79 Å². The minimum atomic E-state index is -1.09. The van der Waals surface area contributed by atoms with E-state index in [2.05, 4.69) is 16.0 Å². The molecule has 0 fully saturated rings. The normalized spacial score (nSPS) is 12.4. The molecule has 0 aromatic heterocycles. The summed E-state index contributed by atoms with van der Waals surface area (Å²) >= 11 is 0. The molecule has 0 aliphatic carbocycles. The summed E-state index contributed by atoms with van der Waals surface area (Å²) in [5, 5.41) is 16.2. The van der Waals surface area contributed by atoms with Gasteiger partial charge in [0.2, 0.25) is 5.91 Å². The van der Waals surface area contributed by atoms with Gasteiger partial charge in [-0.25, -0.2) is 9.59 Å². The van der Waals surface area contributed by atoms with Gasteiger partial charge in [0.15, 0.2) is 0 Å². The summed E-state index contributed by atoms with van der Waals surface area (Å²) in [5.74, 6) is -1.29. The second kappa shape index (κ2) is 6.83. The molecule has 0 bridgehead atoms. The van der Waals surface area contributed by atoms with Crippen LogP contribution in [0.1, 0.15) is 27.2 Å². The monoisotopic (exact) mass is 259 g/mol. The zero-order valence-corrected chi connectivity index (χ0v) is 11.2. The number of carboxylic acids is 1. The van der Waals surface area contributed by atoms with Crippen LogP contribution in [0.15, 0.2) is 0 Å². The molecule has 0 aliphatic heterocycles. The van der Waals surface area contributed by atoms with Gasteiger partial charge in [-0.1, -0.05) is 20.8 Å². The molecule has 0 radical (unpaired) electrons. The molecule has 0 heterocycles. The van der Waals surface area contributed by atoms with E-state index in [4.69, 9.17) is 5.11 Å². The molecule has 0 saturated heterocycles. The number of urea groups is 1. The molecular formula is C11H21N3O4. The topological polar surface area (TPSA) is 108 Å². The molecule has 0 spiro atoms. The van der Waals surface area contributed by atoms with Crippen molar-refractivity contribution in [3.8, 4) is 0 Å². The second-order valence-electron chi connectivity index (χ2n) is 4.96. The number of carbonyl (C=O) groups is 3. The quantitative estimate of drug-likeness (QED) is 0.554. The maximum atomic E-state index is 11.5. The SMILES string of the molecule is CNC(=O)CCNC(=O)N[C@H](C(=O)O)C(C)(C)C. The molecule has 7 nitrogen and oxygen atoms in total. The average molecular weight is 259 g/mol. The molecule has 0 unspecified atom stereocenters. The molecular weight excluding hydrogens is 238 g/mol. The summed E-state index contributed by atoms with van der Waals surface area (Å²) in [6.45, 7) is 5.31. The average Bonchev–Trinajstić information content (AvgIpc) is 2.23. The molecule has 3 amide bonds. The van der Waals surface area contributed by atoms with Gasteiger partial charge in [-0.05, 0) is 5.41 Å². The van der Waals surface area contributed by atoms with Crippen LogP contribution < -0.4 is 16.0 Å². The number of hydrogen-bond donors (Lipinski definition) is 4. The van der Waals surface area contributed by atoms with Crippen molar-refractivity contribution in [2.24, 2.45) is 5.41 Å². The first-order chi connectivity index (χ1) is 8.18. The van der Waals surface area contributed by atoms with Gasteiger partial charge in [0.05, 0.1) is 0 Å². The minimum Gasteiger partial charge on any atom is -0.480 e. The maximum Gasteiger partial charge on any atom is 0.326 e. The molecule has 104 valence electrons. The van der Waals surface area contributed by atoms with Crippen LogP contribution in [0.25, 0.3) is 0 Å². The van der Waals surface area contributed by atoms with Crippen molar-refractivity contribution < 1.29 is 19.5 Å². The van der Waals surface area contributed by atoms with Crippen molar-refractivity contribution in [1.82, 2.24) is 16.0 Å².